The molecule has 1 heterocycles. The molecule has 0 bridgehead atoms. The number of hydrogen-bond acceptors (Lipinski definition) is 11. The summed E-state index contributed by atoms with van der Waals surface area (Å²) >= 11 is 0. The summed E-state index contributed by atoms with van der Waals surface area (Å²) in [5.41, 5.74) is 13.3. The molecule has 11 nitrogen and oxygen atoms in total. The van der Waals surface area contributed by atoms with Crippen LogP contribution in [0.2, 0.25) is 0 Å². The fourth-order valence-corrected chi connectivity index (χ4v) is 3.90. The van der Waals surface area contributed by atoms with Gasteiger partial charge < -0.3 is 35.2 Å². The van der Waals surface area contributed by atoms with E-state index >= 15 is 0 Å². The van der Waals surface area contributed by atoms with Gasteiger partial charge in [-0.2, -0.15) is 0 Å². The predicted octanol–water partition coefficient (Wildman–Crippen LogP) is 4.31. The van der Waals surface area contributed by atoms with Crippen LogP contribution in [-0.4, -0.2) is 43.4 Å². The van der Waals surface area contributed by atoms with Gasteiger partial charge in [-0.3, -0.25) is 4.79 Å². The van der Waals surface area contributed by atoms with Crippen molar-refractivity contribution in [3.05, 3.63) is 89.5 Å². The molecule has 1 fully saturated rings. The minimum atomic E-state index is -0.638. The van der Waals surface area contributed by atoms with E-state index in [9.17, 15) is 19.2 Å². The van der Waals surface area contributed by atoms with E-state index in [0.29, 0.717) is 35.7 Å². The third-order valence-corrected chi connectivity index (χ3v) is 5.96. The molecule has 4 rings (SSSR count). The van der Waals surface area contributed by atoms with Gasteiger partial charge >= 0.3 is 23.9 Å². The highest BCUT2D eigenvalue weighted by atomic mass is 16.7. The lowest BCUT2D eigenvalue weighted by Gasteiger charge is -2.22. The normalized spacial score (nSPS) is 14.6. The van der Waals surface area contributed by atoms with Crippen molar-refractivity contribution in [3.63, 3.8) is 0 Å². The molecule has 218 valence electrons. The monoisotopic (exact) mass is 574 g/mol. The molecule has 42 heavy (non-hydrogen) atoms. The van der Waals surface area contributed by atoms with Gasteiger partial charge in [0.25, 0.3) is 0 Å². The lowest BCUT2D eigenvalue weighted by Crippen LogP contribution is -2.26. The third-order valence-electron chi connectivity index (χ3n) is 5.96. The second-order valence-corrected chi connectivity index (χ2v) is 9.30. The van der Waals surface area contributed by atoms with Gasteiger partial charge in [-0.05, 0) is 79.1 Å². The molecule has 1 aliphatic heterocycles. The zero-order valence-corrected chi connectivity index (χ0v) is 22.7. The van der Waals surface area contributed by atoms with Crippen molar-refractivity contribution in [1.29, 1.82) is 0 Å². The van der Waals surface area contributed by atoms with Gasteiger partial charge in [0.05, 0.1) is 24.2 Å². The summed E-state index contributed by atoms with van der Waals surface area (Å²) in [4.78, 5) is 48.7. The Labute approximate surface area is 241 Å². The summed E-state index contributed by atoms with van der Waals surface area (Å²) in [6.45, 7) is 0.429. The van der Waals surface area contributed by atoms with E-state index in [1.807, 2.05) is 0 Å². The molecule has 0 aromatic heterocycles. The van der Waals surface area contributed by atoms with Crippen molar-refractivity contribution >= 4 is 41.3 Å². The average molecular weight is 575 g/mol. The molecule has 3 aromatic carbocycles. The van der Waals surface area contributed by atoms with Crippen LogP contribution in [0.25, 0.3) is 6.08 Å². The van der Waals surface area contributed by atoms with Crippen LogP contribution in [0, 0.1) is 0 Å². The third kappa shape index (κ3) is 9.20. The zero-order valence-electron chi connectivity index (χ0n) is 22.7. The van der Waals surface area contributed by atoms with Crippen molar-refractivity contribution < 1.29 is 42.9 Å². The van der Waals surface area contributed by atoms with Crippen molar-refractivity contribution in [3.8, 4) is 11.5 Å². The highest BCUT2D eigenvalue weighted by molar-refractivity contribution is 5.93. The lowest BCUT2D eigenvalue weighted by atomic mass is 10.1. The Kier molecular flexibility index (Phi) is 10.3. The lowest BCUT2D eigenvalue weighted by molar-refractivity contribution is -0.187. The molecule has 1 unspecified atom stereocenters. The van der Waals surface area contributed by atoms with Crippen LogP contribution in [-0.2, 0) is 23.8 Å². The molecular formula is C31H30N2O9. The summed E-state index contributed by atoms with van der Waals surface area (Å²) < 4.78 is 26.2. The highest BCUT2D eigenvalue weighted by Crippen LogP contribution is 2.19. The van der Waals surface area contributed by atoms with Gasteiger partial charge in [0.2, 0.25) is 6.29 Å². The topological polar surface area (TPSA) is 166 Å². The average Bonchev–Trinajstić information content (AvgIpc) is 2.97. The highest BCUT2D eigenvalue weighted by Gasteiger charge is 2.18. The number of anilines is 2. The van der Waals surface area contributed by atoms with Gasteiger partial charge in [-0.25, -0.2) is 14.4 Å². The maximum atomic E-state index is 12.3. The molecule has 0 aliphatic carbocycles. The number of benzene rings is 3. The molecule has 0 radical (unpaired) electrons. The summed E-state index contributed by atoms with van der Waals surface area (Å²) in [6, 6.07) is 16.7. The fraction of sp³-hybridized carbons (Fsp3) is 0.226. The molecule has 11 heteroatoms. The van der Waals surface area contributed by atoms with E-state index in [-0.39, 0.29) is 29.9 Å². The summed E-state index contributed by atoms with van der Waals surface area (Å²) in [6.07, 6.45) is 4.69. The van der Waals surface area contributed by atoms with E-state index in [0.717, 1.165) is 12.8 Å². The summed E-state index contributed by atoms with van der Waals surface area (Å²) in [5, 5.41) is 0. The van der Waals surface area contributed by atoms with Gasteiger partial charge in [-0.1, -0.05) is 12.1 Å². The first-order valence-corrected chi connectivity index (χ1v) is 13.2. The van der Waals surface area contributed by atoms with Crippen LogP contribution in [0.3, 0.4) is 0 Å². The SMILES string of the molecule is Nc1cc(N)cc(C(=O)Oc2ccc(/C=C/C(=O)Oc3ccc(C(=O)OCCC(=O)OC4CCCCO4)cc3)cc2)c1. The fourth-order valence-electron chi connectivity index (χ4n) is 3.90. The van der Waals surface area contributed by atoms with Crippen LogP contribution >= 0.6 is 0 Å². The van der Waals surface area contributed by atoms with Gasteiger partial charge in [0, 0.05) is 23.9 Å². The Hall–Kier alpha value is -5.16. The predicted molar refractivity (Wildman–Crippen MR) is 152 cm³/mol. The van der Waals surface area contributed by atoms with Crippen molar-refractivity contribution in [2.24, 2.45) is 0 Å². The van der Waals surface area contributed by atoms with Crippen LogP contribution in [0.1, 0.15) is 52.0 Å². The largest absolute Gasteiger partial charge is 0.461 e. The number of nitrogens with two attached hydrogens (primary N) is 2. The van der Waals surface area contributed by atoms with Crippen LogP contribution < -0.4 is 20.9 Å². The van der Waals surface area contributed by atoms with Crippen LogP contribution in [0.15, 0.2) is 72.8 Å². The van der Waals surface area contributed by atoms with Crippen molar-refractivity contribution in [2.75, 3.05) is 24.7 Å². The van der Waals surface area contributed by atoms with Crippen LogP contribution in [0.5, 0.6) is 11.5 Å². The van der Waals surface area contributed by atoms with Crippen molar-refractivity contribution in [1.82, 2.24) is 0 Å². The summed E-state index contributed by atoms with van der Waals surface area (Å²) in [7, 11) is 0. The number of rotatable bonds is 10. The summed E-state index contributed by atoms with van der Waals surface area (Å²) in [5.74, 6) is -1.84. The zero-order chi connectivity index (χ0) is 29.9. The van der Waals surface area contributed by atoms with Crippen molar-refractivity contribution in [2.45, 2.75) is 32.0 Å². The molecule has 4 N–H and O–H groups in total. The molecule has 0 amide bonds. The minimum absolute atomic E-state index is 0.0830. The Morgan fingerprint density at radius 3 is 2.14 bits per heavy atom. The molecule has 0 saturated carbocycles. The minimum Gasteiger partial charge on any atom is -0.461 e. The van der Waals surface area contributed by atoms with Gasteiger partial charge in [0.15, 0.2) is 0 Å². The molecule has 1 atom stereocenters. The Balaban J connectivity index is 1.19. The molecule has 0 spiro atoms. The Morgan fingerprint density at radius 2 is 1.48 bits per heavy atom. The first kappa shape index (κ1) is 29.8. The Morgan fingerprint density at radius 1 is 0.810 bits per heavy atom. The maximum Gasteiger partial charge on any atom is 0.343 e. The number of carbonyl (C=O) groups excluding carboxylic acids is 4. The van der Waals surface area contributed by atoms with E-state index in [1.165, 1.54) is 54.6 Å². The number of ether oxygens (including phenoxy) is 5. The van der Waals surface area contributed by atoms with E-state index < -0.39 is 30.2 Å². The number of nitrogen functional groups attached to an aromatic ring is 2. The smallest absolute Gasteiger partial charge is 0.343 e. The van der Waals surface area contributed by atoms with Crippen LogP contribution in [0.4, 0.5) is 11.4 Å². The standard InChI is InChI=1S/C31H30N2O9/c32-23-17-22(18-24(33)19-23)31(37)41-26-9-4-20(5-10-26)6-13-27(34)40-25-11-7-21(8-12-25)30(36)39-16-14-28(35)42-29-3-1-2-15-38-29/h4-13,17-19,29H,1-3,14-16,32-33H2/b13-6+. The Bertz CT molecular complexity index is 1420. The van der Waals surface area contributed by atoms with Gasteiger partial charge in [-0.15, -0.1) is 0 Å². The number of hydrogen-bond donors (Lipinski definition) is 2. The second-order valence-electron chi connectivity index (χ2n) is 9.30. The first-order chi connectivity index (χ1) is 20.2. The maximum absolute atomic E-state index is 12.3. The molecule has 1 aliphatic rings. The van der Waals surface area contributed by atoms with E-state index in [2.05, 4.69) is 0 Å². The number of esters is 4. The second kappa shape index (κ2) is 14.5. The number of carbonyl (C=O) groups is 4. The first-order valence-electron chi connectivity index (χ1n) is 13.2. The van der Waals surface area contributed by atoms with E-state index in [1.54, 1.807) is 24.3 Å². The molecular weight excluding hydrogens is 544 g/mol. The van der Waals surface area contributed by atoms with Gasteiger partial charge in [0.1, 0.15) is 18.1 Å². The van der Waals surface area contributed by atoms with E-state index in [4.69, 9.17) is 35.2 Å². The quantitative estimate of drug-likeness (QED) is 0.153. The molecule has 1 saturated heterocycles. The molecule has 3 aromatic rings.